The second-order valence-electron chi connectivity index (χ2n) is 3.48. The Morgan fingerprint density at radius 3 is 2.53 bits per heavy atom. The summed E-state index contributed by atoms with van der Waals surface area (Å²) in [5.74, 6) is -0.886. The standard InChI is InChI=1S/C11H13NO3/c1-7(13)4-9-5-8(6-11(14)15)2-3-10(9)12/h2-3,5H,4,6,12H2,1H3,(H,14,15). The van der Waals surface area contributed by atoms with Gasteiger partial charge in [0.05, 0.1) is 6.42 Å². The number of hydrogen-bond acceptors (Lipinski definition) is 3. The van der Waals surface area contributed by atoms with Gasteiger partial charge in [-0.2, -0.15) is 0 Å². The number of anilines is 1. The summed E-state index contributed by atoms with van der Waals surface area (Å²) in [5.41, 5.74) is 7.55. The van der Waals surface area contributed by atoms with E-state index in [0.29, 0.717) is 16.8 Å². The molecule has 0 radical (unpaired) electrons. The van der Waals surface area contributed by atoms with Gasteiger partial charge in [0, 0.05) is 12.1 Å². The van der Waals surface area contributed by atoms with E-state index in [1.54, 1.807) is 18.2 Å². The lowest BCUT2D eigenvalue weighted by Crippen LogP contribution is -2.05. The van der Waals surface area contributed by atoms with Crippen LogP contribution in [0.5, 0.6) is 0 Å². The van der Waals surface area contributed by atoms with Crippen molar-refractivity contribution in [1.82, 2.24) is 0 Å². The van der Waals surface area contributed by atoms with Crippen molar-refractivity contribution in [2.75, 3.05) is 5.73 Å². The van der Waals surface area contributed by atoms with Crippen molar-refractivity contribution in [3.63, 3.8) is 0 Å². The first-order valence-corrected chi connectivity index (χ1v) is 4.57. The Kier molecular flexibility index (Phi) is 3.44. The summed E-state index contributed by atoms with van der Waals surface area (Å²) in [5, 5.41) is 8.61. The summed E-state index contributed by atoms with van der Waals surface area (Å²) < 4.78 is 0. The van der Waals surface area contributed by atoms with Crippen LogP contribution in [0.3, 0.4) is 0 Å². The summed E-state index contributed by atoms with van der Waals surface area (Å²) >= 11 is 0. The number of carboxylic acid groups (broad SMARTS) is 1. The van der Waals surface area contributed by atoms with Gasteiger partial charge in [-0.05, 0) is 24.1 Å². The number of Topliss-reactive ketones (excluding diaryl/α,β-unsaturated/α-hetero) is 1. The third kappa shape index (κ3) is 3.42. The number of carbonyl (C=O) groups excluding carboxylic acids is 1. The zero-order valence-electron chi connectivity index (χ0n) is 8.49. The molecule has 0 atom stereocenters. The first kappa shape index (κ1) is 11.2. The first-order valence-electron chi connectivity index (χ1n) is 4.57. The molecule has 4 heteroatoms. The lowest BCUT2D eigenvalue weighted by Gasteiger charge is -2.05. The lowest BCUT2D eigenvalue weighted by atomic mass is 10.0. The molecular formula is C11H13NO3. The molecule has 0 bridgehead atoms. The Morgan fingerprint density at radius 2 is 2.00 bits per heavy atom. The second-order valence-corrected chi connectivity index (χ2v) is 3.48. The second kappa shape index (κ2) is 4.59. The van der Waals surface area contributed by atoms with E-state index in [4.69, 9.17) is 10.8 Å². The Labute approximate surface area is 87.7 Å². The van der Waals surface area contributed by atoms with Gasteiger partial charge in [0.15, 0.2) is 0 Å². The quantitative estimate of drug-likeness (QED) is 0.722. The van der Waals surface area contributed by atoms with E-state index in [2.05, 4.69) is 0 Å². The van der Waals surface area contributed by atoms with Gasteiger partial charge in [-0.15, -0.1) is 0 Å². The topological polar surface area (TPSA) is 80.4 Å². The predicted molar refractivity (Wildman–Crippen MR) is 56.6 cm³/mol. The van der Waals surface area contributed by atoms with E-state index in [1.165, 1.54) is 6.92 Å². The number of benzene rings is 1. The highest BCUT2D eigenvalue weighted by molar-refractivity contribution is 5.80. The lowest BCUT2D eigenvalue weighted by molar-refractivity contribution is -0.136. The van der Waals surface area contributed by atoms with Crippen LogP contribution in [0.1, 0.15) is 18.1 Å². The third-order valence-electron chi connectivity index (χ3n) is 2.00. The average Bonchev–Trinajstić information content (AvgIpc) is 2.09. The molecule has 0 unspecified atom stereocenters. The van der Waals surface area contributed by atoms with Crippen LogP contribution in [0.25, 0.3) is 0 Å². The average molecular weight is 207 g/mol. The van der Waals surface area contributed by atoms with Crippen molar-refractivity contribution in [2.24, 2.45) is 0 Å². The molecule has 0 heterocycles. The predicted octanol–water partition coefficient (Wildman–Crippen LogP) is 1.03. The zero-order chi connectivity index (χ0) is 11.4. The largest absolute Gasteiger partial charge is 0.481 e. The minimum absolute atomic E-state index is 0.00850. The minimum atomic E-state index is -0.895. The van der Waals surface area contributed by atoms with Crippen molar-refractivity contribution in [2.45, 2.75) is 19.8 Å². The van der Waals surface area contributed by atoms with Crippen molar-refractivity contribution >= 4 is 17.4 Å². The monoisotopic (exact) mass is 207 g/mol. The summed E-state index contributed by atoms with van der Waals surface area (Å²) in [7, 11) is 0. The van der Waals surface area contributed by atoms with E-state index >= 15 is 0 Å². The molecule has 1 aromatic carbocycles. The van der Waals surface area contributed by atoms with Crippen molar-refractivity contribution < 1.29 is 14.7 Å². The van der Waals surface area contributed by atoms with Gasteiger partial charge >= 0.3 is 5.97 Å². The van der Waals surface area contributed by atoms with Gasteiger partial charge in [0.2, 0.25) is 0 Å². The van der Waals surface area contributed by atoms with Crippen LogP contribution in [0.15, 0.2) is 18.2 Å². The van der Waals surface area contributed by atoms with Crippen LogP contribution in [0.4, 0.5) is 5.69 Å². The van der Waals surface area contributed by atoms with E-state index < -0.39 is 5.97 Å². The van der Waals surface area contributed by atoms with Gasteiger partial charge in [-0.1, -0.05) is 12.1 Å². The van der Waals surface area contributed by atoms with E-state index in [9.17, 15) is 9.59 Å². The Hall–Kier alpha value is -1.84. The molecule has 0 fully saturated rings. The maximum atomic E-state index is 10.9. The molecule has 0 aliphatic heterocycles. The molecule has 1 aromatic rings. The highest BCUT2D eigenvalue weighted by Gasteiger charge is 2.06. The van der Waals surface area contributed by atoms with Crippen molar-refractivity contribution in [3.8, 4) is 0 Å². The minimum Gasteiger partial charge on any atom is -0.481 e. The maximum Gasteiger partial charge on any atom is 0.307 e. The zero-order valence-corrected chi connectivity index (χ0v) is 8.49. The SMILES string of the molecule is CC(=O)Cc1cc(CC(=O)O)ccc1N. The summed E-state index contributed by atoms with van der Waals surface area (Å²) in [4.78, 5) is 21.4. The van der Waals surface area contributed by atoms with Crippen LogP contribution in [0.2, 0.25) is 0 Å². The van der Waals surface area contributed by atoms with Crippen molar-refractivity contribution in [1.29, 1.82) is 0 Å². The fourth-order valence-electron chi connectivity index (χ4n) is 1.36. The van der Waals surface area contributed by atoms with Crippen LogP contribution >= 0.6 is 0 Å². The van der Waals surface area contributed by atoms with Gasteiger partial charge in [-0.3, -0.25) is 9.59 Å². The molecule has 0 spiro atoms. The number of carboxylic acids is 1. The fraction of sp³-hybridized carbons (Fsp3) is 0.273. The molecule has 0 aliphatic carbocycles. The number of aliphatic carboxylic acids is 1. The molecule has 0 aromatic heterocycles. The van der Waals surface area contributed by atoms with Gasteiger partial charge < -0.3 is 10.8 Å². The normalized spacial score (nSPS) is 9.93. The number of nitrogen functional groups attached to an aromatic ring is 1. The van der Waals surface area contributed by atoms with Gasteiger partial charge in [0.1, 0.15) is 5.78 Å². The van der Waals surface area contributed by atoms with Gasteiger partial charge in [0.25, 0.3) is 0 Å². The molecule has 0 amide bonds. The Balaban J connectivity index is 2.94. The Bertz CT molecular complexity index is 399. The van der Waals surface area contributed by atoms with Crippen LogP contribution in [-0.4, -0.2) is 16.9 Å². The highest BCUT2D eigenvalue weighted by Crippen LogP contribution is 2.15. The molecule has 4 nitrogen and oxygen atoms in total. The highest BCUT2D eigenvalue weighted by atomic mass is 16.4. The number of rotatable bonds is 4. The molecule has 3 N–H and O–H groups in total. The van der Waals surface area contributed by atoms with E-state index in [-0.39, 0.29) is 18.6 Å². The van der Waals surface area contributed by atoms with E-state index in [0.717, 1.165) is 0 Å². The molecule has 1 rings (SSSR count). The van der Waals surface area contributed by atoms with Crippen LogP contribution < -0.4 is 5.73 Å². The molecule has 0 aliphatic rings. The smallest absolute Gasteiger partial charge is 0.307 e. The number of hydrogen-bond donors (Lipinski definition) is 2. The number of carbonyl (C=O) groups is 2. The molecule has 80 valence electrons. The van der Waals surface area contributed by atoms with Crippen molar-refractivity contribution in [3.05, 3.63) is 29.3 Å². The molecule has 0 saturated carbocycles. The summed E-state index contributed by atoms with van der Waals surface area (Å²) in [6, 6.07) is 4.97. The first-order chi connectivity index (χ1) is 6.99. The van der Waals surface area contributed by atoms with Gasteiger partial charge in [-0.25, -0.2) is 0 Å². The maximum absolute atomic E-state index is 10.9. The number of ketones is 1. The Morgan fingerprint density at radius 1 is 1.33 bits per heavy atom. The summed E-state index contributed by atoms with van der Waals surface area (Å²) in [6.07, 6.45) is 0.199. The van der Waals surface area contributed by atoms with E-state index in [1.807, 2.05) is 0 Å². The third-order valence-corrected chi connectivity index (χ3v) is 2.00. The van der Waals surface area contributed by atoms with Crippen LogP contribution in [0, 0.1) is 0 Å². The van der Waals surface area contributed by atoms with Crippen LogP contribution in [-0.2, 0) is 22.4 Å². The summed E-state index contributed by atoms with van der Waals surface area (Å²) in [6.45, 7) is 1.48. The molecule has 0 saturated heterocycles. The molecular weight excluding hydrogens is 194 g/mol. The number of nitrogens with two attached hydrogens (primary N) is 1. The fourth-order valence-corrected chi connectivity index (χ4v) is 1.36. The molecule has 15 heavy (non-hydrogen) atoms.